The van der Waals surface area contributed by atoms with Crippen molar-refractivity contribution in [3.8, 4) is 0 Å². The number of allylic oxidation sites excluding steroid dienone is 9. The molecule has 0 radical (unpaired) electrons. The van der Waals surface area contributed by atoms with E-state index in [1.165, 1.54) is 22.3 Å². The zero-order valence-corrected chi connectivity index (χ0v) is 15.3. The molecule has 0 spiro atoms. The minimum absolute atomic E-state index is 0. The second-order valence-corrected chi connectivity index (χ2v) is 6.90. The van der Waals surface area contributed by atoms with E-state index in [0.717, 1.165) is 29.8 Å². The summed E-state index contributed by atoms with van der Waals surface area (Å²) in [5, 5.41) is 6.07. The fourth-order valence-electron chi connectivity index (χ4n) is 3.52. The van der Waals surface area contributed by atoms with Gasteiger partial charge in [0.05, 0.1) is 11.4 Å². The molecule has 0 N–H and O–H groups in total. The largest absolute Gasteiger partial charge is 0.260 e. The van der Waals surface area contributed by atoms with Gasteiger partial charge in [-0.2, -0.15) is 5.10 Å². The van der Waals surface area contributed by atoms with Crippen LogP contribution in [0.4, 0.5) is 0 Å². The average Bonchev–Trinajstić information content (AvgIpc) is 3.07. The van der Waals surface area contributed by atoms with Crippen LogP contribution in [0.15, 0.2) is 77.9 Å². The highest BCUT2D eigenvalue weighted by Crippen LogP contribution is 2.36. The molecule has 1 aliphatic heterocycles. The van der Waals surface area contributed by atoms with Gasteiger partial charge < -0.3 is 0 Å². The van der Waals surface area contributed by atoms with Gasteiger partial charge in [-0.15, -0.1) is 0 Å². The lowest BCUT2D eigenvalue weighted by molar-refractivity contribution is 0.514. The van der Waals surface area contributed by atoms with Gasteiger partial charge in [-0.05, 0) is 54.2 Å². The van der Waals surface area contributed by atoms with Gasteiger partial charge in [0, 0.05) is 37.6 Å². The second-order valence-electron chi connectivity index (χ2n) is 6.90. The van der Waals surface area contributed by atoms with Crippen LogP contribution in [0.1, 0.15) is 38.5 Å². The number of hydrogen-bond acceptors (Lipinski definition) is 3. The van der Waals surface area contributed by atoms with E-state index in [0.29, 0.717) is 5.92 Å². The Labute approximate surface area is 156 Å². The van der Waals surface area contributed by atoms with E-state index in [1.807, 2.05) is 19.3 Å². The Morgan fingerprint density at radius 3 is 2.92 bits per heavy atom. The monoisotopic (exact) mass is 343 g/mol. The van der Waals surface area contributed by atoms with Crippen LogP contribution >= 0.6 is 0 Å². The van der Waals surface area contributed by atoms with E-state index < -0.39 is 0 Å². The van der Waals surface area contributed by atoms with E-state index in [-0.39, 0.29) is 1.43 Å². The number of nitrogens with zero attached hydrogens (tertiary/aromatic N) is 3. The lowest BCUT2D eigenvalue weighted by Crippen LogP contribution is -2.10. The van der Waals surface area contributed by atoms with Gasteiger partial charge in [0.15, 0.2) is 0 Å². The van der Waals surface area contributed by atoms with Gasteiger partial charge >= 0.3 is 0 Å². The highest BCUT2D eigenvalue weighted by molar-refractivity contribution is 5.88. The predicted molar refractivity (Wildman–Crippen MR) is 111 cm³/mol. The average molecular weight is 343 g/mol. The van der Waals surface area contributed by atoms with Crippen LogP contribution in [0.3, 0.4) is 0 Å². The molecule has 0 bridgehead atoms. The summed E-state index contributed by atoms with van der Waals surface area (Å²) in [5.41, 5.74) is 8.10. The highest BCUT2D eigenvalue weighted by Gasteiger charge is 2.21. The normalized spacial score (nSPS) is 21.8. The molecule has 4 rings (SSSR count). The van der Waals surface area contributed by atoms with Crippen LogP contribution in [-0.4, -0.2) is 16.2 Å². The Kier molecular flexibility index (Phi) is 4.29. The number of fused-ring (bicyclic) bond motifs is 1. The molecule has 132 valence electrons. The van der Waals surface area contributed by atoms with Crippen molar-refractivity contribution in [3.63, 3.8) is 0 Å². The first-order chi connectivity index (χ1) is 12.7. The fourth-order valence-corrected chi connectivity index (χ4v) is 3.52. The molecule has 3 aliphatic rings. The van der Waals surface area contributed by atoms with Gasteiger partial charge in [0.25, 0.3) is 0 Å². The van der Waals surface area contributed by atoms with Crippen molar-refractivity contribution in [3.05, 3.63) is 89.6 Å². The summed E-state index contributed by atoms with van der Waals surface area (Å²) in [6.07, 6.45) is 20.9. The van der Waals surface area contributed by atoms with Gasteiger partial charge in [-0.1, -0.05) is 37.8 Å². The topological polar surface area (TPSA) is 28.5 Å². The van der Waals surface area contributed by atoms with Crippen molar-refractivity contribution in [1.82, 2.24) is 9.99 Å². The molecule has 2 heterocycles. The Hall–Kier alpha value is -2.94. The molecule has 2 aliphatic carbocycles. The first-order valence-corrected chi connectivity index (χ1v) is 9.11. The Morgan fingerprint density at radius 2 is 2.19 bits per heavy atom. The summed E-state index contributed by atoms with van der Waals surface area (Å²) < 4.78 is 0. The summed E-state index contributed by atoms with van der Waals surface area (Å²) >= 11 is 0. The number of pyridine rings is 1. The van der Waals surface area contributed by atoms with Crippen molar-refractivity contribution in [2.75, 3.05) is 0 Å². The van der Waals surface area contributed by atoms with Gasteiger partial charge in [-0.3, -0.25) is 4.98 Å². The van der Waals surface area contributed by atoms with Crippen LogP contribution in [0.5, 0.6) is 0 Å². The predicted octanol–water partition coefficient (Wildman–Crippen LogP) is 5.52. The molecule has 0 saturated heterocycles. The van der Waals surface area contributed by atoms with E-state index in [9.17, 15) is 0 Å². The van der Waals surface area contributed by atoms with Crippen molar-refractivity contribution in [2.45, 2.75) is 26.7 Å². The van der Waals surface area contributed by atoms with Gasteiger partial charge in [-0.25, -0.2) is 5.01 Å². The lowest BCUT2D eigenvalue weighted by atomic mass is 9.92. The van der Waals surface area contributed by atoms with Crippen molar-refractivity contribution in [2.24, 2.45) is 11.0 Å². The molecule has 1 atom stereocenters. The summed E-state index contributed by atoms with van der Waals surface area (Å²) in [5.74, 6) is 0.619. The maximum atomic E-state index is 4.73. The Bertz CT molecular complexity index is 944. The minimum atomic E-state index is 0. The first-order valence-electron chi connectivity index (χ1n) is 9.11. The summed E-state index contributed by atoms with van der Waals surface area (Å²) in [6.45, 7) is 8.26. The van der Waals surface area contributed by atoms with E-state index in [4.69, 9.17) is 4.98 Å². The molecule has 3 heteroatoms. The Morgan fingerprint density at radius 1 is 1.31 bits per heavy atom. The minimum Gasteiger partial charge on any atom is -0.260 e. The number of aromatic nitrogens is 1. The molecular formula is C23H25N3. The molecule has 1 aromatic rings. The molecular weight excluding hydrogens is 318 g/mol. The standard InChI is InChI=1S/C23H23N3.H2/c1-4-25-26-12-11-19(13-17(26)3)21-9-10-23-22(21)14-20(15-24-23)18-7-5-16(2)6-8-18;/h4-5,7-9,11-16H,3,6,10H2,1-2H3;1H/b25-4-;. The van der Waals surface area contributed by atoms with Crippen LogP contribution in [0, 0.1) is 5.92 Å². The molecule has 0 saturated carbocycles. The summed E-state index contributed by atoms with van der Waals surface area (Å²) in [6, 6.07) is 2.28. The molecule has 26 heavy (non-hydrogen) atoms. The third kappa shape index (κ3) is 3.01. The number of hydrogen-bond donors (Lipinski definition) is 0. The summed E-state index contributed by atoms with van der Waals surface area (Å²) in [4.78, 5) is 4.73. The van der Waals surface area contributed by atoms with Crippen LogP contribution in [0.2, 0.25) is 0 Å². The third-order valence-corrected chi connectivity index (χ3v) is 4.97. The van der Waals surface area contributed by atoms with Crippen LogP contribution in [0.25, 0.3) is 11.1 Å². The van der Waals surface area contributed by atoms with Crippen molar-refractivity contribution in [1.29, 1.82) is 0 Å². The second kappa shape index (κ2) is 6.75. The summed E-state index contributed by atoms with van der Waals surface area (Å²) in [7, 11) is 0. The highest BCUT2D eigenvalue weighted by atomic mass is 15.4. The van der Waals surface area contributed by atoms with E-state index in [1.54, 1.807) is 11.2 Å². The van der Waals surface area contributed by atoms with Gasteiger partial charge in [0.1, 0.15) is 0 Å². The molecule has 3 nitrogen and oxygen atoms in total. The SMILES string of the molecule is C=C1C=C(C2=CCc3ncc(C4=CCC(C)C=C4)cc32)C=CN1/N=C\C.[HH]. The first kappa shape index (κ1) is 16.5. The van der Waals surface area contributed by atoms with Crippen molar-refractivity contribution < 1.29 is 1.43 Å². The molecule has 0 amide bonds. The van der Waals surface area contributed by atoms with Gasteiger partial charge in [0.2, 0.25) is 0 Å². The fraction of sp³-hybridized carbons (Fsp3) is 0.217. The zero-order valence-electron chi connectivity index (χ0n) is 15.3. The Balaban J connectivity index is 0.00000210. The van der Waals surface area contributed by atoms with E-state index in [2.05, 4.69) is 61.1 Å². The molecule has 1 unspecified atom stereocenters. The molecule has 0 aromatic carbocycles. The van der Waals surface area contributed by atoms with E-state index >= 15 is 0 Å². The van der Waals surface area contributed by atoms with Crippen LogP contribution < -0.4 is 0 Å². The number of rotatable bonds is 3. The maximum absolute atomic E-state index is 4.73. The number of hydrazone groups is 1. The van der Waals surface area contributed by atoms with Crippen LogP contribution in [-0.2, 0) is 6.42 Å². The third-order valence-electron chi connectivity index (χ3n) is 4.97. The molecule has 1 aromatic heterocycles. The smallest absolute Gasteiger partial charge is 0.0579 e. The quantitative estimate of drug-likeness (QED) is 0.676. The molecule has 0 fully saturated rings. The maximum Gasteiger partial charge on any atom is 0.0579 e. The zero-order chi connectivity index (χ0) is 18.1. The lowest BCUT2D eigenvalue weighted by Gasteiger charge is -2.20. The van der Waals surface area contributed by atoms with Crippen molar-refractivity contribution >= 4 is 17.4 Å².